The van der Waals surface area contributed by atoms with Crippen molar-refractivity contribution in [3.05, 3.63) is 47.7 Å². The molecule has 0 unspecified atom stereocenters. The molecule has 0 amide bonds. The van der Waals surface area contributed by atoms with Gasteiger partial charge in [0, 0.05) is 17.5 Å². The SMILES string of the molecule is c1c[nH]c(-c2cccc3c2CCC3)c1. The average molecular weight is 183 g/mol. The Morgan fingerprint density at radius 3 is 2.86 bits per heavy atom. The number of rotatable bonds is 1. The molecule has 1 aromatic carbocycles. The van der Waals surface area contributed by atoms with Crippen LogP contribution in [0, 0.1) is 0 Å². The van der Waals surface area contributed by atoms with E-state index in [9.17, 15) is 0 Å². The number of nitrogens with one attached hydrogen (secondary N) is 1. The molecule has 1 heterocycles. The molecule has 1 N–H and O–H groups in total. The fourth-order valence-corrected chi connectivity index (χ4v) is 2.37. The van der Waals surface area contributed by atoms with Crippen LogP contribution in [0.1, 0.15) is 17.5 Å². The molecule has 0 saturated heterocycles. The normalized spacial score (nSPS) is 14.3. The molecule has 0 radical (unpaired) electrons. The summed E-state index contributed by atoms with van der Waals surface area (Å²) in [5, 5.41) is 0. The van der Waals surface area contributed by atoms with Gasteiger partial charge in [0.1, 0.15) is 0 Å². The van der Waals surface area contributed by atoms with Crippen molar-refractivity contribution in [3.8, 4) is 11.3 Å². The Hall–Kier alpha value is -1.50. The smallest absolute Gasteiger partial charge is 0.0456 e. The first-order valence-corrected chi connectivity index (χ1v) is 5.20. The summed E-state index contributed by atoms with van der Waals surface area (Å²) >= 11 is 0. The first-order chi connectivity index (χ1) is 6.95. The minimum absolute atomic E-state index is 1.24. The summed E-state index contributed by atoms with van der Waals surface area (Å²) in [6.45, 7) is 0. The zero-order valence-electron chi connectivity index (χ0n) is 8.09. The van der Waals surface area contributed by atoms with Gasteiger partial charge >= 0.3 is 0 Å². The van der Waals surface area contributed by atoms with Crippen molar-refractivity contribution in [2.24, 2.45) is 0 Å². The zero-order chi connectivity index (χ0) is 9.38. The first kappa shape index (κ1) is 7.86. The third-order valence-corrected chi connectivity index (χ3v) is 3.03. The van der Waals surface area contributed by atoms with E-state index in [2.05, 4.69) is 35.3 Å². The highest BCUT2D eigenvalue weighted by molar-refractivity contribution is 5.66. The van der Waals surface area contributed by atoms with Crippen LogP contribution in [0.4, 0.5) is 0 Å². The Morgan fingerprint density at radius 1 is 1.00 bits per heavy atom. The number of aryl methyl sites for hydroxylation is 1. The molecule has 1 aliphatic carbocycles. The Morgan fingerprint density at radius 2 is 2.00 bits per heavy atom. The second-order valence-electron chi connectivity index (χ2n) is 3.88. The van der Waals surface area contributed by atoms with Gasteiger partial charge in [-0.2, -0.15) is 0 Å². The summed E-state index contributed by atoms with van der Waals surface area (Å²) in [5.41, 5.74) is 5.74. The number of aromatic amines is 1. The molecule has 0 bridgehead atoms. The Bertz CT molecular complexity index is 440. The van der Waals surface area contributed by atoms with Crippen LogP contribution in [0.3, 0.4) is 0 Å². The molecule has 0 fully saturated rings. The van der Waals surface area contributed by atoms with E-state index in [1.807, 2.05) is 6.20 Å². The van der Waals surface area contributed by atoms with Gasteiger partial charge in [-0.15, -0.1) is 0 Å². The van der Waals surface area contributed by atoms with Gasteiger partial charge in [-0.3, -0.25) is 0 Å². The molecule has 3 rings (SSSR count). The first-order valence-electron chi connectivity index (χ1n) is 5.20. The van der Waals surface area contributed by atoms with Gasteiger partial charge in [0.25, 0.3) is 0 Å². The molecule has 0 atom stereocenters. The molecule has 2 aromatic rings. The average Bonchev–Trinajstić information content (AvgIpc) is 2.88. The third-order valence-electron chi connectivity index (χ3n) is 3.03. The molecule has 1 aliphatic rings. The minimum atomic E-state index is 1.24. The van der Waals surface area contributed by atoms with Gasteiger partial charge in [0.2, 0.25) is 0 Å². The summed E-state index contributed by atoms with van der Waals surface area (Å²) in [6, 6.07) is 10.8. The van der Waals surface area contributed by atoms with Crippen molar-refractivity contribution in [2.75, 3.05) is 0 Å². The maximum Gasteiger partial charge on any atom is 0.0456 e. The van der Waals surface area contributed by atoms with Crippen LogP contribution in [-0.2, 0) is 12.8 Å². The minimum Gasteiger partial charge on any atom is -0.361 e. The maximum atomic E-state index is 3.28. The largest absolute Gasteiger partial charge is 0.361 e. The van der Waals surface area contributed by atoms with Gasteiger partial charge in [0.05, 0.1) is 0 Å². The molecule has 1 aromatic heterocycles. The zero-order valence-corrected chi connectivity index (χ0v) is 8.09. The number of aromatic nitrogens is 1. The molecular formula is C13H13N. The second-order valence-corrected chi connectivity index (χ2v) is 3.88. The van der Waals surface area contributed by atoms with E-state index in [-0.39, 0.29) is 0 Å². The molecular weight excluding hydrogens is 170 g/mol. The molecule has 0 aliphatic heterocycles. The lowest BCUT2D eigenvalue weighted by atomic mass is 10.0. The van der Waals surface area contributed by atoms with Crippen LogP contribution in [-0.4, -0.2) is 4.98 Å². The van der Waals surface area contributed by atoms with E-state index in [0.29, 0.717) is 0 Å². The third kappa shape index (κ3) is 1.09. The number of H-pyrrole nitrogens is 1. The second kappa shape index (κ2) is 3.02. The van der Waals surface area contributed by atoms with E-state index < -0.39 is 0 Å². The highest BCUT2D eigenvalue weighted by Gasteiger charge is 2.15. The molecule has 14 heavy (non-hydrogen) atoms. The Kier molecular flexibility index (Phi) is 1.69. The van der Waals surface area contributed by atoms with Crippen molar-refractivity contribution in [3.63, 3.8) is 0 Å². The summed E-state index contributed by atoms with van der Waals surface area (Å²) in [6.07, 6.45) is 5.80. The Labute approximate surface area is 83.8 Å². The van der Waals surface area contributed by atoms with Gasteiger partial charge in [-0.05, 0) is 42.5 Å². The van der Waals surface area contributed by atoms with Crippen LogP contribution < -0.4 is 0 Å². The van der Waals surface area contributed by atoms with Gasteiger partial charge in [-0.25, -0.2) is 0 Å². The lowest BCUT2D eigenvalue weighted by Crippen LogP contribution is -1.87. The highest BCUT2D eigenvalue weighted by Crippen LogP contribution is 2.31. The molecule has 0 spiro atoms. The van der Waals surface area contributed by atoms with Crippen molar-refractivity contribution in [1.29, 1.82) is 0 Å². The van der Waals surface area contributed by atoms with Crippen LogP contribution in [0.2, 0.25) is 0 Å². The van der Waals surface area contributed by atoms with Crippen molar-refractivity contribution >= 4 is 0 Å². The monoisotopic (exact) mass is 183 g/mol. The molecule has 1 heteroatoms. The highest BCUT2D eigenvalue weighted by atomic mass is 14.7. The number of benzene rings is 1. The van der Waals surface area contributed by atoms with Crippen LogP contribution >= 0.6 is 0 Å². The van der Waals surface area contributed by atoms with E-state index in [0.717, 1.165) is 0 Å². The van der Waals surface area contributed by atoms with E-state index in [1.165, 1.54) is 36.1 Å². The van der Waals surface area contributed by atoms with E-state index >= 15 is 0 Å². The lowest BCUT2D eigenvalue weighted by molar-refractivity contribution is 0.912. The number of hydrogen-bond acceptors (Lipinski definition) is 0. The molecule has 1 nitrogen and oxygen atoms in total. The van der Waals surface area contributed by atoms with Gasteiger partial charge < -0.3 is 4.98 Å². The van der Waals surface area contributed by atoms with Crippen LogP contribution in [0.25, 0.3) is 11.3 Å². The van der Waals surface area contributed by atoms with Crippen LogP contribution in [0.5, 0.6) is 0 Å². The van der Waals surface area contributed by atoms with Crippen molar-refractivity contribution in [2.45, 2.75) is 19.3 Å². The summed E-state index contributed by atoms with van der Waals surface area (Å²) in [7, 11) is 0. The van der Waals surface area contributed by atoms with Crippen molar-refractivity contribution in [1.82, 2.24) is 4.98 Å². The maximum absolute atomic E-state index is 3.28. The van der Waals surface area contributed by atoms with E-state index in [4.69, 9.17) is 0 Å². The summed E-state index contributed by atoms with van der Waals surface area (Å²) < 4.78 is 0. The summed E-state index contributed by atoms with van der Waals surface area (Å²) in [5.74, 6) is 0. The predicted molar refractivity (Wildman–Crippen MR) is 58.3 cm³/mol. The standard InChI is InChI=1S/C13H13N/c1-4-10-5-2-7-12(11(10)6-1)13-8-3-9-14-13/h2-3,5,7-9,14H,1,4,6H2. The molecule has 70 valence electrons. The molecule has 0 saturated carbocycles. The van der Waals surface area contributed by atoms with Gasteiger partial charge in [0.15, 0.2) is 0 Å². The Balaban J connectivity index is 2.20. The lowest BCUT2D eigenvalue weighted by Gasteiger charge is -2.05. The topological polar surface area (TPSA) is 15.8 Å². The fourth-order valence-electron chi connectivity index (χ4n) is 2.37. The predicted octanol–water partition coefficient (Wildman–Crippen LogP) is 3.17. The van der Waals surface area contributed by atoms with Crippen molar-refractivity contribution < 1.29 is 0 Å². The number of hydrogen-bond donors (Lipinski definition) is 1. The summed E-state index contributed by atoms with van der Waals surface area (Å²) in [4.78, 5) is 3.28. The van der Waals surface area contributed by atoms with E-state index in [1.54, 1.807) is 5.56 Å². The van der Waals surface area contributed by atoms with Gasteiger partial charge in [-0.1, -0.05) is 18.2 Å². The van der Waals surface area contributed by atoms with Crippen LogP contribution in [0.15, 0.2) is 36.5 Å². The quantitative estimate of drug-likeness (QED) is 0.699. The fraction of sp³-hybridized carbons (Fsp3) is 0.231. The number of fused-ring (bicyclic) bond motifs is 1.